The Hall–Kier alpha value is -2.07. The largest absolute Gasteiger partial charge is 0.455 e. The van der Waals surface area contributed by atoms with Crippen molar-refractivity contribution < 1.29 is 22.7 Å². The number of carbonyl (C=O) groups excluding carboxylic acids is 2. The minimum Gasteiger partial charge on any atom is -0.455 e. The fourth-order valence-corrected chi connectivity index (χ4v) is 3.77. The first-order valence-corrected chi connectivity index (χ1v) is 11.1. The number of hydrogen-bond acceptors (Lipinski definition) is 6. The number of thioether (sulfide) groups is 1. The van der Waals surface area contributed by atoms with E-state index in [1.165, 1.54) is 31.3 Å². The molecule has 0 heterocycles. The van der Waals surface area contributed by atoms with Crippen LogP contribution in [0.25, 0.3) is 0 Å². The molecule has 2 rings (SSSR count). The zero-order valence-corrected chi connectivity index (χ0v) is 17.6. The van der Waals surface area contributed by atoms with Gasteiger partial charge in [-0.1, -0.05) is 11.6 Å². The van der Waals surface area contributed by atoms with Crippen molar-refractivity contribution in [3.8, 4) is 0 Å². The van der Waals surface area contributed by atoms with Crippen LogP contribution >= 0.6 is 23.4 Å². The first-order chi connectivity index (χ1) is 13.2. The van der Waals surface area contributed by atoms with Gasteiger partial charge in [-0.05, 0) is 54.8 Å². The van der Waals surface area contributed by atoms with Crippen molar-refractivity contribution in [1.82, 2.24) is 4.31 Å². The summed E-state index contributed by atoms with van der Waals surface area (Å²) in [7, 11) is -2.62. The second kappa shape index (κ2) is 9.92. The van der Waals surface area contributed by atoms with E-state index in [1.807, 2.05) is 18.4 Å². The van der Waals surface area contributed by atoms with Gasteiger partial charge in [-0.15, -0.1) is 11.8 Å². The molecule has 0 saturated carbocycles. The molecule has 0 atom stereocenters. The van der Waals surface area contributed by atoms with Crippen LogP contribution in [-0.4, -0.2) is 51.1 Å². The minimum atomic E-state index is -3.87. The molecule has 0 aromatic heterocycles. The topological polar surface area (TPSA) is 92.8 Å². The third-order valence-corrected chi connectivity index (χ3v) is 6.42. The van der Waals surface area contributed by atoms with Gasteiger partial charge in [0.15, 0.2) is 6.61 Å². The van der Waals surface area contributed by atoms with Crippen LogP contribution in [0.1, 0.15) is 0 Å². The number of nitrogens with zero attached hydrogens (tertiary/aromatic N) is 1. The summed E-state index contributed by atoms with van der Waals surface area (Å²) in [5, 5.41) is 2.99. The Labute approximate surface area is 173 Å². The van der Waals surface area contributed by atoms with Gasteiger partial charge in [-0.2, -0.15) is 4.31 Å². The zero-order chi connectivity index (χ0) is 20.7. The van der Waals surface area contributed by atoms with Gasteiger partial charge in [-0.25, -0.2) is 8.42 Å². The average molecular weight is 443 g/mol. The summed E-state index contributed by atoms with van der Waals surface area (Å²) in [6, 6.07) is 12.7. The number of carbonyl (C=O) groups is 2. The monoisotopic (exact) mass is 442 g/mol. The Morgan fingerprint density at radius 3 is 2.29 bits per heavy atom. The molecular formula is C18H19ClN2O5S2. The molecule has 150 valence electrons. The number of sulfonamides is 1. The van der Waals surface area contributed by atoms with E-state index in [1.54, 1.807) is 23.9 Å². The number of hydrogen-bond donors (Lipinski definition) is 1. The quantitative estimate of drug-likeness (QED) is 0.499. The average Bonchev–Trinajstić information content (AvgIpc) is 2.67. The minimum absolute atomic E-state index is 0.00127. The van der Waals surface area contributed by atoms with Crippen LogP contribution in [0.3, 0.4) is 0 Å². The van der Waals surface area contributed by atoms with Crippen LogP contribution in [0.15, 0.2) is 58.3 Å². The summed E-state index contributed by atoms with van der Waals surface area (Å²) in [6.45, 7) is -1.04. The van der Waals surface area contributed by atoms with E-state index in [0.717, 1.165) is 9.20 Å². The van der Waals surface area contributed by atoms with Gasteiger partial charge in [0.2, 0.25) is 10.0 Å². The molecule has 0 spiro atoms. The van der Waals surface area contributed by atoms with Crippen molar-refractivity contribution in [2.45, 2.75) is 9.79 Å². The summed E-state index contributed by atoms with van der Waals surface area (Å²) in [5.41, 5.74) is 0.571. The molecule has 0 aliphatic carbocycles. The number of ether oxygens (including phenoxy) is 1. The lowest BCUT2D eigenvalue weighted by molar-refractivity contribution is -0.147. The van der Waals surface area contributed by atoms with Crippen molar-refractivity contribution in [1.29, 1.82) is 0 Å². The van der Waals surface area contributed by atoms with Gasteiger partial charge >= 0.3 is 5.97 Å². The van der Waals surface area contributed by atoms with E-state index >= 15 is 0 Å². The number of anilines is 1. The number of halogens is 1. The van der Waals surface area contributed by atoms with E-state index in [0.29, 0.717) is 10.7 Å². The van der Waals surface area contributed by atoms with Gasteiger partial charge in [0, 0.05) is 22.7 Å². The molecular weight excluding hydrogens is 424 g/mol. The second-order valence-corrected chi connectivity index (χ2v) is 9.01. The third-order valence-electron chi connectivity index (χ3n) is 3.61. The van der Waals surface area contributed by atoms with Crippen LogP contribution in [0, 0.1) is 0 Å². The SMILES string of the molecule is CSc1ccc(NC(=O)COC(=O)CN(C)S(=O)(=O)c2ccc(Cl)cc2)cc1. The number of rotatable bonds is 8. The molecule has 0 saturated heterocycles. The molecule has 0 radical (unpaired) electrons. The van der Waals surface area contributed by atoms with Crippen molar-refractivity contribution in [3.05, 3.63) is 53.6 Å². The van der Waals surface area contributed by atoms with Crippen molar-refractivity contribution in [2.24, 2.45) is 0 Å². The van der Waals surface area contributed by atoms with Crippen molar-refractivity contribution in [3.63, 3.8) is 0 Å². The van der Waals surface area contributed by atoms with E-state index in [2.05, 4.69) is 5.32 Å². The Bertz CT molecular complexity index is 931. The van der Waals surface area contributed by atoms with E-state index in [9.17, 15) is 18.0 Å². The van der Waals surface area contributed by atoms with Crippen molar-refractivity contribution >= 4 is 50.9 Å². The van der Waals surface area contributed by atoms with Crippen molar-refractivity contribution in [2.75, 3.05) is 31.8 Å². The van der Waals surface area contributed by atoms with E-state index in [4.69, 9.17) is 16.3 Å². The summed E-state index contributed by atoms with van der Waals surface area (Å²) in [6.07, 6.45) is 1.94. The molecule has 1 amide bonds. The fourth-order valence-electron chi connectivity index (χ4n) is 2.12. The molecule has 2 aromatic rings. The summed E-state index contributed by atoms with van der Waals surface area (Å²) in [4.78, 5) is 24.8. The molecule has 0 aliphatic heterocycles. The number of amides is 1. The van der Waals surface area contributed by atoms with Gasteiger partial charge in [-0.3, -0.25) is 9.59 Å². The molecule has 0 fully saturated rings. The standard InChI is InChI=1S/C18H19ClN2O5S2/c1-21(28(24,25)16-9-3-13(19)4-10-16)11-18(23)26-12-17(22)20-14-5-7-15(27-2)8-6-14/h3-10H,11-12H2,1-2H3,(H,20,22). The molecule has 10 heteroatoms. The third kappa shape index (κ3) is 6.23. The lowest BCUT2D eigenvalue weighted by Gasteiger charge is -2.16. The first kappa shape index (κ1) is 22.2. The van der Waals surface area contributed by atoms with Gasteiger partial charge in [0.25, 0.3) is 5.91 Å². The predicted molar refractivity (Wildman–Crippen MR) is 109 cm³/mol. The number of nitrogens with one attached hydrogen (secondary N) is 1. The summed E-state index contributed by atoms with van der Waals surface area (Å²) >= 11 is 7.32. The van der Waals surface area contributed by atoms with Crippen LogP contribution in [-0.2, 0) is 24.3 Å². The molecule has 28 heavy (non-hydrogen) atoms. The van der Waals surface area contributed by atoms with Gasteiger partial charge < -0.3 is 10.1 Å². The number of esters is 1. The molecule has 0 aliphatic rings. The fraction of sp³-hybridized carbons (Fsp3) is 0.222. The summed E-state index contributed by atoms with van der Waals surface area (Å²) < 4.78 is 30.5. The van der Waals surface area contributed by atoms with Crippen LogP contribution in [0.2, 0.25) is 5.02 Å². The normalized spacial score (nSPS) is 11.3. The Kier molecular flexibility index (Phi) is 7.88. The molecule has 2 aromatic carbocycles. The smallest absolute Gasteiger partial charge is 0.321 e. The van der Waals surface area contributed by atoms with E-state index in [-0.39, 0.29) is 4.90 Å². The lowest BCUT2D eigenvalue weighted by Crippen LogP contribution is -2.34. The highest BCUT2D eigenvalue weighted by atomic mass is 35.5. The highest BCUT2D eigenvalue weighted by Crippen LogP contribution is 2.18. The van der Waals surface area contributed by atoms with Crippen LogP contribution in [0.5, 0.6) is 0 Å². The zero-order valence-electron chi connectivity index (χ0n) is 15.2. The Morgan fingerprint density at radius 2 is 1.71 bits per heavy atom. The lowest BCUT2D eigenvalue weighted by atomic mass is 10.3. The Balaban J connectivity index is 1.85. The molecule has 0 unspecified atom stereocenters. The Morgan fingerprint density at radius 1 is 1.11 bits per heavy atom. The first-order valence-electron chi connectivity index (χ1n) is 8.04. The number of benzene rings is 2. The summed E-state index contributed by atoms with van der Waals surface area (Å²) in [5.74, 6) is -1.36. The van der Waals surface area contributed by atoms with Gasteiger partial charge in [0.05, 0.1) is 4.90 Å². The molecule has 7 nitrogen and oxygen atoms in total. The van der Waals surface area contributed by atoms with E-state index < -0.39 is 35.1 Å². The highest BCUT2D eigenvalue weighted by Gasteiger charge is 2.23. The predicted octanol–water partition coefficient (Wildman–Crippen LogP) is 2.86. The van der Waals surface area contributed by atoms with Crippen LogP contribution in [0.4, 0.5) is 5.69 Å². The maximum absolute atomic E-state index is 12.4. The molecule has 1 N–H and O–H groups in total. The number of likely N-dealkylation sites (N-methyl/N-ethyl adjacent to an activating group) is 1. The maximum atomic E-state index is 12.4. The van der Waals surface area contributed by atoms with Crippen LogP contribution < -0.4 is 5.32 Å². The maximum Gasteiger partial charge on any atom is 0.321 e. The second-order valence-electron chi connectivity index (χ2n) is 5.65. The van der Waals surface area contributed by atoms with Gasteiger partial charge in [0.1, 0.15) is 6.54 Å². The highest BCUT2D eigenvalue weighted by molar-refractivity contribution is 7.98. The molecule has 0 bridgehead atoms.